The monoisotopic (exact) mass is 285 g/mol. The Morgan fingerprint density at radius 3 is 2.29 bits per heavy atom. The van der Waals surface area contributed by atoms with Crippen LogP contribution < -0.4 is 10.5 Å². The van der Waals surface area contributed by atoms with Gasteiger partial charge in [0.05, 0.1) is 25.9 Å². The maximum absolute atomic E-state index is 6.24. The first kappa shape index (κ1) is 15.5. The van der Waals surface area contributed by atoms with Crippen molar-refractivity contribution >= 4 is 0 Å². The summed E-state index contributed by atoms with van der Waals surface area (Å²) in [6.45, 7) is 2.69. The molecule has 0 saturated carbocycles. The van der Waals surface area contributed by atoms with Crippen LogP contribution in [-0.2, 0) is 11.2 Å². The van der Waals surface area contributed by atoms with E-state index in [0.29, 0.717) is 6.61 Å². The fraction of sp³-hybridized carbons (Fsp3) is 0.333. The molecular formula is C18H23NO2. The van der Waals surface area contributed by atoms with Gasteiger partial charge in [0, 0.05) is 0 Å². The molecule has 0 bridgehead atoms. The Bertz CT molecular complexity index is 525. The fourth-order valence-electron chi connectivity index (χ4n) is 2.21. The Hall–Kier alpha value is -1.84. The first-order chi connectivity index (χ1) is 10.2. The molecule has 2 aromatic carbocycles. The summed E-state index contributed by atoms with van der Waals surface area (Å²) in [5.74, 6) is 0.837. The molecule has 3 heteroatoms. The Labute approximate surface area is 126 Å². The van der Waals surface area contributed by atoms with Crippen LogP contribution in [0.25, 0.3) is 0 Å². The molecule has 2 rings (SSSR count). The van der Waals surface area contributed by atoms with Gasteiger partial charge in [-0.1, -0.05) is 42.5 Å². The Morgan fingerprint density at radius 2 is 1.67 bits per heavy atom. The minimum atomic E-state index is -0.133. The van der Waals surface area contributed by atoms with E-state index in [1.165, 1.54) is 5.56 Å². The molecule has 0 radical (unpaired) electrons. The van der Waals surface area contributed by atoms with Crippen LogP contribution >= 0.6 is 0 Å². The SMILES string of the molecule is COc1ccc(C(N)C(C)OCCc2ccccc2)cc1. The van der Waals surface area contributed by atoms with E-state index in [2.05, 4.69) is 12.1 Å². The number of ether oxygens (including phenoxy) is 2. The van der Waals surface area contributed by atoms with E-state index in [1.807, 2.05) is 49.4 Å². The van der Waals surface area contributed by atoms with E-state index in [0.717, 1.165) is 17.7 Å². The van der Waals surface area contributed by atoms with E-state index < -0.39 is 0 Å². The maximum Gasteiger partial charge on any atom is 0.118 e. The van der Waals surface area contributed by atoms with Crippen LogP contribution in [0.1, 0.15) is 24.1 Å². The van der Waals surface area contributed by atoms with Gasteiger partial charge in [0.25, 0.3) is 0 Å². The fourth-order valence-corrected chi connectivity index (χ4v) is 2.21. The maximum atomic E-state index is 6.24. The zero-order chi connectivity index (χ0) is 15.1. The lowest BCUT2D eigenvalue weighted by molar-refractivity contribution is 0.0501. The number of hydrogen-bond acceptors (Lipinski definition) is 3. The molecule has 2 unspecified atom stereocenters. The van der Waals surface area contributed by atoms with Gasteiger partial charge in [-0.05, 0) is 36.6 Å². The molecule has 21 heavy (non-hydrogen) atoms. The molecule has 2 atom stereocenters. The Kier molecular flexibility index (Phi) is 5.78. The minimum Gasteiger partial charge on any atom is -0.497 e. The standard InChI is InChI=1S/C18H23NO2/c1-14(21-13-12-15-6-4-3-5-7-15)18(19)16-8-10-17(20-2)11-9-16/h3-11,14,18H,12-13,19H2,1-2H3. The second-order valence-electron chi connectivity index (χ2n) is 5.11. The number of hydrogen-bond donors (Lipinski definition) is 1. The van der Waals surface area contributed by atoms with Crippen molar-refractivity contribution in [3.63, 3.8) is 0 Å². The smallest absolute Gasteiger partial charge is 0.118 e. The molecule has 3 nitrogen and oxygen atoms in total. The largest absolute Gasteiger partial charge is 0.497 e. The van der Waals surface area contributed by atoms with Gasteiger partial charge in [0.1, 0.15) is 5.75 Å². The third kappa shape index (κ3) is 4.59. The van der Waals surface area contributed by atoms with Crippen LogP contribution in [0, 0.1) is 0 Å². The van der Waals surface area contributed by atoms with Crippen LogP contribution in [0.3, 0.4) is 0 Å². The molecule has 0 aliphatic rings. The lowest BCUT2D eigenvalue weighted by atomic mass is 10.0. The highest BCUT2D eigenvalue weighted by atomic mass is 16.5. The van der Waals surface area contributed by atoms with E-state index >= 15 is 0 Å². The average molecular weight is 285 g/mol. The second kappa shape index (κ2) is 7.81. The van der Waals surface area contributed by atoms with Crippen LogP contribution in [0.4, 0.5) is 0 Å². The summed E-state index contributed by atoms with van der Waals surface area (Å²) in [6, 6.07) is 18.0. The average Bonchev–Trinajstić information content (AvgIpc) is 2.55. The van der Waals surface area contributed by atoms with E-state index in [-0.39, 0.29) is 12.1 Å². The molecule has 0 amide bonds. The predicted molar refractivity (Wildman–Crippen MR) is 85.5 cm³/mol. The summed E-state index contributed by atoms with van der Waals surface area (Å²) in [5.41, 5.74) is 8.58. The van der Waals surface area contributed by atoms with Crippen LogP contribution in [-0.4, -0.2) is 19.8 Å². The van der Waals surface area contributed by atoms with Gasteiger partial charge in [-0.25, -0.2) is 0 Å². The third-order valence-electron chi connectivity index (χ3n) is 3.62. The Morgan fingerprint density at radius 1 is 1.00 bits per heavy atom. The molecule has 0 aliphatic carbocycles. The lowest BCUT2D eigenvalue weighted by Gasteiger charge is -2.21. The summed E-state index contributed by atoms with van der Waals surface area (Å²) in [6.07, 6.45) is 0.877. The van der Waals surface area contributed by atoms with Gasteiger partial charge in [-0.3, -0.25) is 0 Å². The second-order valence-corrected chi connectivity index (χ2v) is 5.11. The van der Waals surface area contributed by atoms with Gasteiger partial charge in [-0.2, -0.15) is 0 Å². The van der Waals surface area contributed by atoms with E-state index in [9.17, 15) is 0 Å². The zero-order valence-electron chi connectivity index (χ0n) is 12.7. The van der Waals surface area contributed by atoms with Crippen molar-refractivity contribution in [1.29, 1.82) is 0 Å². The van der Waals surface area contributed by atoms with Gasteiger partial charge < -0.3 is 15.2 Å². The van der Waals surface area contributed by atoms with Crippen molar-refractivity contribution in [2.45, 2.75) is 25.5 Å². The highest BCUT2D eigenvalue weighted by molar-refractivity contribution is 5.29. The van der Waals surface area contributed by atoms with Crippen molar-refractivity contribution in [2.24, 2.45) is 5.73 Å². The molecule has 0 spiro atoms. The van der Waals surface area contributed by atoms with Crippen LogP contribution in [0.2, 0.25) is 0 Å². The number of rotatable bonds is 7. The normalized spacial score (nSPS) is 13.7. The van der Waals surface area contributed by atoms with Crippen LogP contribution in [0.5, 0.6) is 5.75 Å². The molecule has 0 aromatic heterocycles. The van der Waals surface area contributed by atoms with Crippen molar-refractivity contribution in [1.82, 2.24) is 0 Å². The molecule has 2 N–H and O–H groups in total. The topological polar surface area (TPSA) is 44.5 Å². The summed E-state index contributed by atoms with van der Waals surface area (Å²) in [4.78, 5) is 0. The first-order valence-electron chi connectivity index (χ1n) is 7.26. The Balaban J connectivity index is 1.82. The molecule has 2 aromatic rings. The van der Waals surface area contributed by atoms with Crippen molar-refractivity contribution in [3.05, 3.63) is 65.7 Å². The minimum absolute atomic E-state index is 0.0258. The molecule has 0 aliphatic heterocycles. The third-order valence-corrected chi connectivity index (χ3v) is 3.62. The molecule has 0 saturated heterocycles. The van der Waals surface area contributed by atoms with Gasteiger partial charge in [-0.15, -0.1) is 0 Å². The van der Waals surface area contributed by atoms with Gasteiger partial charge in [0.2, 0.25) is 0 Å². The summed E-state index contributed by atoms with van der Waals surface area (Å²) in [5, 5.41) is 0. The number of nitrogens with two attached hydrogens (primary N) is 1. The molecule has 0 heterocycles. The first-order valence-corrected chi connectivity index (χ1v) is 7.26. The van der Waals surface area contributed by atoms with Crippen molar-refractivity contribution < 1.29 is 9.47 Å². The summed E-state index contributed by atoms with van der Waals surface area (Å²) >= 11 is 0. The van der Waals surface area contributed by atoms with Gasteiger partial charge in [0.15, 0.2) is 0 Å². The lowest BCUT2D eigenvalue weighted by Crippen LogP contribution is -2.27. The van der Waals surface area contributed by atoms with E-state index in [4.69, 9.17) is 15.2 Å². The van der Waals surface area contributed by atoms with Gasteiger partial charge >= 0.3 is 0 Å². The number of benzene rings is 2. The quantitative estimate of drug-likeness (QED) is 0.848. The number of methoxy groups -OCH3 is 1. The summed E-state index contributed by atoms with van der Waals surface area (Å²) < 4.78 is 11.0. The van der Waals surface area contributed by atoms with E-state index in [1.54, 1.807) is 7.11 Å². The molecule has 0 fully saturated rings. The van der Waals surface area contributed by atoms with Crippen LogP contribution in [0.15, 0.2) is 54.6 Å². The highest BCUT2D eigenvalue weighted by Crippen LogP contribution is 2.20. The zero-order valence-corrected chi connectivity index (χ0v) is 12.7. The molecule has 112 valence electrons. The highest BCUT2D eigenvalue weighted by Gasteiger charge is 2.15. The molecular weight excluding hydrogens is 262 g/mol. The van der Waals surface area contributed by atoms with Crippen molar-refractivity contribution in [2.75, 3.05) is 13.7 Å². The van der Waals surface area contributed by atoms with Crippen molar-refractivity contribution in [3.8, 4) is 5.75 Å². The summed E-state index contributed by atoms with van der Waals surface area (Å²) in [7, 11) is 1.66. The predicted octanol–water partition coefficient (Wildman–Crippen LogP) is 3.34.